The zero-order valence-electron chi connectivity index (χ0n) is 7.30. The maximum atomic E-state index is 9.99. The maximum Gasteiger partial charge on any atom is 0.318 e. The van der Waals surface area contributed by atoms with Crippen molar-refractivity contribution in [3.8, 4) is 0 Å². The Morgan fingerprint density at radius 2 is 1.62 bits per heavy atom. The van der Waals surface area contributed by atoms with E-state index in [2.05, 4.69) is 5.73 Å². The van der Waals surface area contributed by atoms with Crippen LogP contribution in [-0.4, -0.2) is 45.7 Å². The molecule has 0 radical (unpaired) electrons. The highest BCUT2D eigenvalue weighted by molar-refractivity contribution is 5.71. The van der Waals surface area contributed by atoms with Crippen molar-refractivity contribution in [2.24, 2.45) is 5.73 Å². The number of amides is 2. The first-order chi connectivity index (χ1) is 5.99. The van der Waals surface area contributed by atoms with Crippen molar-refractivity contribution in [2.45, 2.75) is 13.3 Å². The van der Waals surface area contributed by atoms with Gasteiger partial charge in [-0.25, -0.2) is 4.79 Å². The molecule has 7 nitrogen and oxygen atoms in total. The highest BCUT2D eigenvalue weighted by Gasteiger charge is 2.02. The van der Waals surface area contributed by atoms with Crippen LogP contribution in [0.4, 0.5) is 4.79 Å². The van der Waals surface area contributed by atoms with Crippen LogP contribution in [0.2, 0.25) is 0 Å². The van der Waals surface area contributed by atoms with Gasteiger partial charge in [0.2, 0.25) is 0 Å². The average Bonchev–Trinajstić information content (AvgIpc) is 2.07. The van der Waals surface area contributed by atoms with Crippen molar-refractivity contribution in [3.05, 3.63) is 0 Å². The molecule has 0 heterocycles. The lowest BCUT2D eigenvalue weighted by Crippen LogP contribution is -2.36. The van der Waals surface area contributed by atoms with Crippen molar-refractivity contribution in [2.75, 3.05) is 13.5 Å². The van der Waals surface area contributed by atoms with Crippen molar-refractivity contribution in [1.82, 2.24) is 4.90 Å². The standard InChI is InChI=1S/C3H8N2O3.C3H6O2/c4-3(8)5(1-6)2-7;1-2-3(4)5/h6-7H,1-2H2,(H2,4,8);2H2,1H3,(H,4,5). The van der Waals surface area contributed by atoms with Crippen molar-refractivity contribution in [3.63, 3.8) is 0 Å². The number of carbonyl (C=O) groups excluding carboxylic acids is 1. The van der Waals surface area contributed by atoms with E-state index in [1.54, 1.807) is 6.92 Å². The van der Waals surface area contributed by atoms with Crippen LogP contribution >= 0.6 is 0 Å². The third-order valence-electron chi connectivity index (χ3n) is 0.956. The van der Waals surface area contributed by atoms with Gasteiger partial charge in [0.1, 0.15) is 13.5 Å². The van der Waals surface area contributed by atoms with E-state index in [0.717, 1.165) is 0 Å². The first kappa shape index (κ1) is 14.2. The fourth-order valence-corrected chi connectivity index (χ4v) is 0.184. The van der Waals surface area contributed by atoms with Gasteiger partial charge >= 0.3 is 12.0 Å². The number of carbonyl (C=O) groups is 2. The number of aliphatic hydroxyl groups excluding tert-OH is 2. The number of rotatable bonds is 3. The summed E-state index contributed by atoms with van der Waals surface area (Å²) in [6, 6.07) is -0.838. The first-order valence-corrected chi connectivity index (χ1v) is 3.47. The number of carboxylic acids is 1. The monoisotopic (exact) mass is 194 g/mol. The van der Waals surface area contributed by atoms with Crippen LogP contribution in [0.5, 0.6) is 0 Å². The molecule has 0 rings (SSSR count). The van der Waals surface area contributed by atoms with Crippen LogP contribution in [0.3, 0.4) is 0 Å². The number of nitrogens with zero attached hydrogens (tertiary/aromatic N) is 1. The summed E-state index contributed by atoms with van der Waals surface area (Å²) in [5.74, 6) is -0.745. The Hall–Kier alpha value is -1.34. The molecule has 0 atom stereocenters. The SMILES string of the molecule is CCC(=O)O.NC(=O)N(CO)CO. The Morgan fingerprint density at radius 1 is 1.31 bits per heavy atom. The lowest BCUT2D eigenvalue weighted by molar-refractivity contribution is -0.136. The van der Waals surface area contributed by atoms with Gasteiger partial charge in [-0.2, -0.15) is 0 Å². The van der Waals surface area contributed by atoms with Crippen LogP contribution in [0, 0.1) is 0 Å². The van der Waals surface area contributed by atoms with Gasteiger partial charge in [0, 0.05) is 6.42 Å². The molecular formula is C6H14N2O5. The topological polar surface area (TPSA) is 124 Å². The summed E-state index contributed by atoms with van der Waals surface area (Å²) in [6.45, 7) is 0.500. The van der Waals surface area contributed by atoms with Crippen LogP contribution in [-0.2, 0) is 4.79 Å². The number of urea groups is 1. The maximum absolute atomic E-state index is 9.99. The molecular weight excluding hydrogens is 180 g/mol. The molecule has 0 aliphatic heterocycles. The summed E-state index contributed by atoms with van der Waals surface area (Å²) < 4.78 is 0. The molecule has 0 unspecified atom stereocenters. The molecule has 78 valence electrons. The minimum absolute atomic E-state index is 0.222. The molecule has 0 bridgehead atoms. The highest BCUT2D eigenvalue weighted by atomic mass is 16.4. The summed E-state index contributed by atoms with van der Waals surface area (Å²) >= 11 is 0. The number of hydrogen-bond donors (Lipinski definition) is 4. The fraction of sp³-hybridized carbons (Fsp3) is 0.667. The smallest absolute Gasteiger partial charge is 0.318 e. The average molecular weight is 194 g/mol. The van der Waals surface area contributed by atoms with Gasteiger partial charge in [-0.3, -0.25) is 9.69 Å². The number of hydrogen-bond acceptors (Lipinski definition) is 4. The van der Waals surface area contributed by atoms with E-state index in [0.29, 0.717) is 4.90 Å². The number of primary amides is 1. The van der Waals surface area contributed by atoms with E-state index in [9.17, 15) is 9.59 Å². The molecule has 13 heavy (non-hydrogen) atoms. The van der Waals surface area contributed by atoms with Crippen LogP contribution in [0.25, 0.3) is 0 Å². The molecule has 0 aromatic carbocycles. The lowest BCUT2D eigenvalue weighted by atomic mass is 10.5. The Kier molecular flexibility index (Phi) is 9.56. The zero-order chi connectivity index (χ0) is 10.9. The molecule has 0 aliphatic rings. The van der Waals surface area contributed by atoms with Gasteiger partial charge < -0.3 is 21.1 Å². The molecule has 0 fully saturated rings. The van der Waals surface area contributed by atoms with Gasteiger partial charge in [-0.15, -0.1) is 0 Å². The number of aliphatic hydroxyl groups is 2. The second-order valence-electron chi connectivity index (χ2n) is 1.91. The van der Waals surface area contributed by atoms with Gasteiger partial charge in [-0.05, 0) is 0 Å². The molecule has 5 N–H and O–H groups in total. The Morgan fingerprint density at radius 3 is 1.62 bits per heavy atom. The van der Waals surface area contributed by atoms with Crippen molar-refractivity contribution < 1.29 is 24.9 Å². The predicted octanol–water partition coefficient (Wildman–Crippen LogP) is -1.25. The van der Waals surface area contributed by atoms with Crippen molar-refractivity contribution >= 4 is 12.0 Å². The van der Waals surface area contributed by atoms with Crippen molar-refractivity contribution in [1.29, 1.82) is 0 Å². The predicted molar refractivity (Wildman–Crippen MR) is 43.5 cm³/mol. The van der Waals surface area contributed by atoms with E-state index < -0.39 is 25.5 Å². The summed E-state index contributed by atoms with van der Waals surface area (Å²) in [5.41, 5.74) is 4.62. The first-order valence-electron chi connectivity index (χ1n) is 3.47. The Balaban J connectivity index is 0. The number of nitrogens with two attached hydrogens (primary N) is 1. The van der Waals surface area contributed by atoms with E-state index in [1.807, 2.05) is 0 Å². The van der Waals surface area contributed by atoms with Gasteiger partial charge in [0.25, 0.3) is 0 Å². The van der Waals surface area contributed by atoms with E-state index in [1.165, 1.54) is 0 Å². The zero-order valence-corrected chi connectivity index (χ0v) is 7.30. The summed E-state index contributed by atoms with van der Waals surface area (Å²) in [6.07, 6.45) is 0.222. The van der Waals surface area contributed by atoms with Crippen LogP contribution in [0.15, 0.2) is 0 Å². The summed E-state index contributed by atoms with van der Waals surface area (Å²) in [7, 11) is 0. The quantitative estimate of drug-likeness (QED) is 0.418. The highest BCUT2D eigenvalue weighted by Crippen LogP contribution is 1.78. The van der Waals surface area contributed by atoms with Crippen LogP contribution in [0.1, 0.15) is 13.3 Å². The minimum atomic E-state index is -0.838. The normalized spacial score (nSPS) is 8.23. The molecule has 0 spiro atoms. The number of aliphatic carboxylic acids is 1. The molecule has 0 saturated heterocycles. The molecule has 2 amide bonds. The van der Waals surface area contributed by atoms with E-state index in [-0.39, 0.29) is 6.42 Å². The Labute approximate surface area is 75.4 Å². The summed E-state index contributed by atoms with van der Waals surface area (Å²) in [4.78, 5) is 20.0. The minimum Gasteiger partial charge on any atom is -0.481 e. The lowest BCUT2D eigenvalue weighted by Gasteiger charge is -2.11. The second-order valence-corrected chi connectivity index (χ2v) is 1.91. The molecule has 0 aromatic heterocycles. The number of carboxylic acid groups (broad SMARTS) is 1. The fourth-order valence-electron chi connectivity index (χ4n) is 0.184. The molecule has 7 heteroatoms. The Bertz CT molecular complexity index is 157. The third kappa shape index (κ3) is 10.7. The van der Waals surface area contributed by atoms with E-state index >= 15 is 0 Å². The van der Waals surface area contributed by atoms with Crippen LogP contribution < -0.4 is 5.73 Å². The largest absolute Gasteiger partial charge is 0.481 e. The third-order valence-corrected chi connectivity index (χ3v) is 0.956. The molecule has 0 saturated carbocycles. The summed E-state index contributed by atoms with van der Waals surface area (Å²) in [5, 5.41) is 24.0. The van der Waals surface area contributed by atoms with Gasteiger partial charge in [-0.1, -0.05) is 6.92 Å². The van der Waals surface area contributed by atoms with E-state index in [4.69, 9.17) is 15.3 Å². The second kappa shape index (κ2) is 8.75. The van der Waals surface area contributed by atoms with Gasteiger partial charge in [0.05, 0.1) is 0 Å². The van der Waals surface area contributed by atoms with Gasteiger partial charge in [0.15, 0.2) is 0 Å². The molecule has 0 aromatic rings. The molecule has 0 aliphatic carbocycles.